The Morgan fingerprint density at radius 2 is 2.29 bits per heavy atom. The molecule has 5 heteroatoms. The summed E-state index contributed by atoms with van der Waals surface area (Å²) >= 11 is 0. The van der Waals surface area contributed by atoms with E-state index in [0.29, 0.717) is 11.6 Å². The summed E-state index contributed by atoms with van der Waals surface area (Å²) in [5.41, 5.74) is 2.83. The number of H-pyrrole nitrogens is 1. The molecular formula is C16H20BN3O. The van der Waals surface area contributed by atoms with Crippen LogP contribution in [0.5, 0.6) is 0 Å². The van der Waals surface area contributed by atoms with E-state index in [0.717, 1.165) is 29.0 Å². The molecule has 108 valence electrons. The molecule has 2 saturated carbocycles. The fourth-order valence-electron chi connectivity index (χ4n) is 4.63. The highest BCUT2D eigenvalue weighted by molar-refractivity contribution is 6.31. The second-order valence-electron chi connectivity index (χ2n) is 6.99. The average Bonchev–Trinajstić information content (AvgIpc) is 3.15. The molecule has 4 nitrogen and oxygen atoms in total. The van der Waals surface area contributed by atoms with Gasteiger partial charge in [-0.05, 0) is 31.1 Å². The van der Waals surface area contributed by atoms with Crippen LogP contribution in [0.15, 0.2) is 12.4 Å². The number of carbonyl (C=O) groups is 1. The number of carbonyl (C=O) groups excluding carboxylic acids is 1. The van der Waals surface area contributed by atoms with Crippen molar-refractivity contribution in [3.05, 3.63) is 18.0 Å². The van der Waals surface area contributed by atoms with E-state index in [1.807, 2.05) is 7.85 Å². The van der Waals surface area contributed by atoms with Gasteiger partial charge in [0.25, 0.3) is 0 Å². The van der Waals surface area contributed by atoms with Crippen LogP contribution in [0.25, 0.3) is 11.2 Å². The lowest BCUT2D eigenvalue weighted by atomic mass is 9.73. The standard InChI is InChI=1S/C16H20BN3O/c1-16(6-5-9-3-2-4-11(9)16)14(21)10-7-18-15-13(10)20-12(17)8-19-15/h7-9,11H,2-6,17H2,1H3,(H,18,19)/t9-,11-,16?/m0/s1. The van der Waals surface area contributed by atoms with Crippen molar-refractivity contribution in [3.8, 4) is 0 Å². The SMILES string of the molecule is Bc1cnc2[nH]cc(C(=O)C3(C)CC[C@@H]4CCC[C@@H]43)c2n1. The second kappa shape index (κ2) is 4.42. The first-order valence-electron chi connectivity index (χ1n) is 7.95. The zero-order valence-corrected chi connectivity index (χ0v) is 12.6. The van der Waals surface area contributed by atoms with Gasteiger partial charge in [-0.1, -0.05) is 19.8 Å². The van der Waals surface area contributed by atoms with Crippen molar-refractivity contribution < 1.29 is 4.79 Å². The minimum Gasteiger partial charge on any atom is -0.344 e. The highest BCUT2D eigenvalue weighted by atomic mass is 16.1. The normalized spacial score (nSPS) is 31.7. The van der Waals surface area contributed by atoms with Crippen LogP contribution in [0.1, 0.15) is 49.4 Å². The van der Waals surface area contributed by atoms with Gasteiger partial charge in [0, 0.05) is 23.4 Å². The number of aromatic nitrogens is 3. The fraction of sp³-hybridized carbons (Fsp3) is 0.562. The first kappa shape index (κ1) is 13.0. The van der Waals surface area contributed by atoms with E-state index in [-0.39, 0.29) is 11.2 Å². The summed E-state index contributed by atoms with van der Waals surface area (Å²) in [4.78, 5) is 25.2. The number of ketones is 1. The molecule has 0 bridgehead atoms. The van der Waals surface area contributed by atoms with Gasteiger partial charge in [0.2, 0.25) is 0 Å². The molecule has 2 aromatic heterocycles. The van der Waals surface area contributed by atoms with Crippen LogP contribution in [0, 0.1) is 17.3 Å². The topological polar surface area (TPSA) is 58.6 Å². The van der Waals surface area contributed by atoms with Crippen LogP contribution in [0.4, 0.5) is 0 Å². The van der Waals surface area contributed by atoms with Gasteiger partial charge < -0.3 is 4.98 Å². The van der Waals surface area contributed by atoms with Gasteiger partial charge in [-0.15, -0.1) is 0 Å². The minimum atomic E-state index is -0.207. The number of Topliss-reactive ketones (excluding diaryl/α,β-unsaturated/α-hetero) is 1. The van der Waals surface area contributed by atoms with Gasteiger partial charge in [0.05, 0.1) is 5.56 Å². The molecule has 2 heterocycles. The van der Waals surface area contributed by atoms with E-state index >= 15 is 0 Å². The third-order valence-corrected chi connectivity index (χ3v) is 5.78. The Balaban J connectivity index is 1.78. The summed E-state index contributed by atoms with van der Waals surface area (Å²) in [5, 5.41) is 0. The Morgan fingerprint density at radius 3 is 3.14 bits per heavy atom. The number of aromatic amines is 1. The second-order valence-corrected chi connectivity index (χ2v) is 6.99. The zero-order chi connectivity index (χ0) is 14.6. The maximum atomic E-state index is 13.2. The monoisotopic (exact) mass is 281 g/mol. The third-order valence-electron chi connectivity index (χ3n) is 5.78. The first-order chi connectivity index (χ1) is 10.1. The van der Waals surface area contributed by atoms with Crippen LogP contribution < -0.4 is 5.59 Å². The molecule has 2 aliphatic carbocycles. The first-order valence-corrected chi connectivity index (χ1v) is 7.95. The minimum absolute atomic E-state index is 0.207. The third kappa shape index (κ3) is 1.79. The van der Waals surface area contributed by atoms with Crippen molar-refractivity contribution in [2.75, 3.05) is 0 Å². The van der Waals surface area contributed by atoms with Gasteiger partial charge in [-0.3, -0.25) is 9.78 Å². The Morgan fingerprint density at radius 1 is 1.43 bits per heavy atom. The number of hydrogen-bond acceptors (Lipinski definition) is 3. The Bertz CT molecular complexity index is 725. The van der Waals surface area contributed by atoms with Crippen molar-refractivity contribution in [1.82, 2.24) is 15.0 Å². The van der Waals surface area contributed by atoms with Gasteiger partial charge in [0.1, 0.15) is 5.52 Å². The van der Waals surface area contributed by atoms with Crippen LogP contribution in [0.3, 0.4) is 0 Å². The molecule has 1 unspecified atom stereocenters. The quantitative estimate of drug-likeness (QED) is 0.672. The lowest BCUT2D eigenvalue weighted by molar-refractivity contribution is 0.0742. The molecule has 2 aliphatic rings. The van der Waals surface area contributed by atoms with Gasteiger partial charge >= 0.3 is 0 Å². The van der Waals surface area contributed by atoms with Crippen molar-refractivity contribution in [2.45, 2.75) is 39.0 Å². The van der Waals surface area contributed by atoms with E-state index in [1.54, 1.807) is 12.4 Å². The lowest BCUT2D eigenvalue weighted by Gasteiger charge is -2.29. The summed E-state index contributed by atoms with van der Waals surface area (Å²) in [6.45, 7) is 2.17. The molecular weight excluding hydrogens is 261 g/mol. The number of rotatable bonds is 2. The summed E-state index contributed by atoms with van der Waals surface area (Å²) in [7, 11) is 1.91. The number of nitrogens with zero attached hydrogens (tertiary/aromatic N) is 2. The summed E-state index contributed by atoms with van der Waals surface area (Å²) in [6.07, 6.45) is 9.57. The highest BCUT2D eigenvalue weighted by Gasteiger charge is 2.51. The molecule has 21 heavy (non-hydrogen) atoms. The van der Waals surface area contributed by atoms with Gasteiger partial charge in [-0.25, -0.2) is 4.98 Å². The van der Waals surface area contributed by atoms with Gasteiger partial charge in [0.15, 0.2) is 19.3 Å². The average molecular weight is 281 g/mol. The Labute approximate surface area is 125 Å². The van der Waals surface area contributed by atoms with Crippen LogP contribution >= 0.6 is 0 Å². The Hall–Kier alpha value is -1.65. The summed E-state index contributed by atoms with van der Waals surface area (Å²) in [6, 6.07) is 0. The van der Waals surface area contributed by atoms with Crippen molar-refractivity contribution in [2.24, 2.45) is 17.3 Å². The van der Waals surface area contributed by atoms with Crippen LogP contribution in [-0.2, 0) is 0 Å². The lowest BCUT2D eigenvalue weighted by Crippen LogP contribution is -2.32. The molecule has 4 rings (SSSR count). The van der Waals surface area contributed by atoms with Crippen molar-refractivity contribution in [3.63, 3.8) is 0 Å². The van der Waals surface area contributed by atoms with Crippen molar-refractivity contribution in [1.29, 1.82) is 0 Å². The van der Waals surface area contributed by atoms with Crippen molar-refractivity contribution >= 4 is 30.4 Å². The molecule has 0 aromatic carbocycles. The zero-order valence-electron chi connectivity index (χ0n) is 12.6. The van der Waals surface area contributed by atoms with Gasteiger partial charge in [-0.2, -0.15) is 0 Å². The summed E-state index contributed by atoms with van der Waals surface area (Å²) in [5.74, 6) is 1.59. The molecule has 2 aromatic rings. The van der Waals surface area contributed by atoms with E-state index in [9.17, 15) is 4.79 Å². The van der Waals surface area contributed by atoms with E-state index in [2.05, 4.69) is 21.9 Å². The molecule has 0 spiro atoms. The maximum absolute atomic E-state index is 13.2. The molecule has 1 N–H and O–H groups in total. The molecule has 0 aliphatic heterocycles. The smallest absolute Gasteiger partial charge is 0.172 e. The fourth-order valence-corrected chi connectivity index (χ4v) is 4.63. The molecule has 2 fully saturated rings. The molecule has 0 saturated heterocycles. The molecule has 0 amide bonds. The maximum Gasteiger partial charge on any atom is 0.172 e. The predicted octanol–water partition coefficient (Wildman–Crippen LogP) is 1.62. The largest absolute Gasteiger partial charge is 0.344 e. The van der Waals surface area contributed by atoms with E-state index in [4.69, 9.17) is 0 Å². The number of fused-ring (bicyclic) bond motifs is 2. The number of nitrogens with one attached hydrogen (secondary N) is 1. The predicted molar refractivity (Wildman–Crippen MR) is 84.6 cm³/mol. The van der Waals surface area contributed by atoms with E-state index < -0.39 is 0 Å². The highest BCUT2D eigenvalue weighted by Crippen LogP contribution is 2.56. The molecule has 0 radical (unpaired) electrons. The van der Waals surface area contributed by atoms with E-state index in [1.165, 1.54) is 25.7 Å². The Kier molecular flexibility index (Phi) is 2.75. The van der Waals surface area contributed by atoms with Crippen LogP contribution in [-0.4, -0.2) is 28.6 Å². The summed E-state index contributed by atoms with van der Waals surface area (Å²) < 4.78 is 0. The molecule has 3 atom stereocenters. The number of hydrogen-bond donors (Lipinski definition) is 1. The van der Waals surface area contributed by atoms with Crippen LogP contribution in [0.2, 0.25) is 0 Å².